The summed E-state index contributed by atoms with van der Waals surface area (Å²) in [5.74, 6) is 1.05. The molecule has 0 fully saturated rings. The predicted molar refractivity (Wildman–Crippen MR) is 81.3 cm³/mol. The Morgan fingerprint density at radius 2 is 2.26 bits per heavy atom. The Hall–Kier alpha value is -0.910. The SMILES string of the molecule is CCCn1c(CC(CN)OC)nc2cc(Br)ccc21. The minimum absolute atomic E-state index is 0.0239. The van der Waals surface area contributed by atoms with Gasteiger partial charge in [0.05, 0.1) is 17.1 Å². The molecule has 0 aliphatic rings. The summed E-state index contributed by atoms with van der Waals surface area (Å²) in [7, 11) is 1.70. The summed E-state index contributed by atoms with van der Waals surface area (Å²) < 4.78 is 8.69. The van der Waals surface area contributed by atoms with Crippen LogP contribution in [-0.4, -0.2) is 29.3 Å². The van der Waals surface area contributed by atoms with Gasteiger partial charge in [0.2, 0.25) is 0 Å². The fraction of sp³-hybridized carbons (Fsp3) is 0.500. The first kappa shape index (κ1) is 14.5. The Balaban J connectivity index is 2.43. The molecule has 1 unspecified atom stereocenters. The number of methoxy groups -OCH3 is 1. The van der Waals surface area contributed by atoms with E-state index in [1.165, 1.54) is 5.52 Å². The molecule has 0 saturated heterocycles. The monoisotopic (exact) mass is 325 g/mol. The first-order valence-corrected chi connectivity index (χ1v) is 7.36. The van der Waals surface area contributed by atoms with E-state index in [2.05, 4.69) is 45.6 Å². The van der Waals surface area contributed by atoms with Gasteiger partial charge in [-0.05, 0) is 24.6 Å². The fourth-order valence-electron chi connectivity index (χ4n) is 2.25. The Morgan fingerprint density at radius 1 is 1.47 bits per heavy atom. The molecule has 1 atom stereocenters. The number of nitrogens with two attached hydrogens (primary N) is 1. The van der Waals surface area contributed by atoms with E-state index in [0.29, 0.717) is 6.54 Å². The molecular formula is C14H20BrN3O. The first-order chi connectivity index (χ1) is 9.19. The third kappa shape index (κ3) is 3.16. The molecule has 0 saturated carbocycles. The van der Waals surface area contributed by atoms with E-state index in [4.69, 9.17) is 15.5 Å². The zero-order valence-electron chi connectivity index (χ0n) is 11.4. The topological polar surface area (TPSA) is 53.1 Å². The minimum atomic E-state index is 0.0239. The first-order valence-electron chi connectivity index (χ1n) is 6.57. The highest BCUT2D eigenvalue weighted by Gasteiger charge is 2.14. The largest absolute Gasteiger partial charge is 0.380 e. The van der Waals surface area contributed by atoms with Crippen LogP contribution in [0.2, 0.25) is 0 Å². The number of hydrogen-bond donors (Lipinski definition) is 1. The van der Waals surface area contributed by atoms with Gasteiger partial charge < -0.3 is 15.0 Å². The molecule has 2 rings (SSSR count). The molecule has 2 N–H and O–H groups in total. The number of nitrogens with zero attached hydrogens (tertiary/aromatic N) is 2. The van der Waals surface area contributed by atoms with E-state index in [-0.39, 0.29) is 6.10 Å². The molecule has 1 aromatic carbocycles. The summed E-state index contributed by atoms with van der Waals surface area (Å²) in [6.45, 7) is 3.65. The number of benzene rings is 1. The number of fused-ring (bicyclic) bond motifs is 1. The quantitative estimate of drug-likeness (QED) is 0.888. The molecular weight excluding hydrogens is 306 g/mol. The van der Waals surface area contributed by atoms with Gasteiger partial charge >= 0.3 is 0 Å². The van der Waals surface area contributed by atoms with Gasteiger partial charge in [-0.25, -0.2) is 4.98 Å². The lowest BCUT2D eigenvalue weighted by Crippen LogP contribution is -2.26. The fourth-order valence-corrected chi connectivity index (χ4v) is 2.60. The van der Waals surface area contributed by atoms with Gasteiger partial charge in [-0.2, -0.15) is 0 Å². The molecule has 4 nitrogen and oxygen atoms in total. The highest BCUT2D eigenvalue weighted by molar-refractivity contribution is 9.10. The van der Waals surface area contributed by atoms with E-state index in [1.54, 1.807) is 7.11 Å². The van der Waals surface area contributed by atoms with E-state index < -0.39 is 0 Å². The maximum atomic E-state index is 5.70. The van der Waals surface area contributed by atoms with Crippen molar-refractivity contribution in [2.24, 2.45) is 5.73 Å². The van der Waals surface area contributed by atoms with Gasteiger partial charge in [-0.1, -0.05) is 22.9 Å². The lowest BCUT2D eigenvalue weighted by atomic mass is 10.2. The second-order valence-electron chi connectivity index (χ2n) is 4.61. The van der Waals surface area contributed by atoms with Gasteiger partial charge in [0.1, 0.15) is 5.82 Å². The van der Waals surface area contributed by atoms with Crippen molar-refractivity contribution in [2.45, 2.75) is 32.4 Å². The lowest BCUT2D eigenvalue weighted by Gasteiger charge is -2.14. The lowest BCUT2D eigenvalue weighted by molar-refractivity contribution is 0.107. The maximum absolute atomic E-state index is 5.70. The second kappa shape index (κ2) is 6.50. The van der Waals surface area contributed by atoms with E-state index in [1.807, 2.05) is 0 Å². The second-order valence-corrected chi connectivity index (χ2v) is 5.53. The van der Waals surface area contributed by atoms with Crippen LogP contribution in [0.1, 0.15) is 19.2 Å². The summed E-state index contributed by atoms with van der Waals surface area (Å²) in [6.07, 6.45) is 1.85. The van der Waals surface area contributed by atoms with Crippen molar-refractivity contribution < 1.29 is 4.74 Å². The molecule has 0 bridgehead atoms. The Labute approximate surface area is 122 Å². The van der Waals surface area contributed by atoms with Crippen molar-refractivity contribution in [3.63, 3.8) is 0 Å². The van der Waals surface area contributed by atoms with Crippen LogP contribution >= 0.6 is 15.9 Å². The zero-order chi connectivity index (χ0) is 13.8. The Bertz CT molecular complexity index is 549. The predicted octanol–water partition coefficient (Wildman–Crippen LogP) is 2.73. The Kier molecular flexibility index (Phi) is 4.96. The summed E-state index contributed by atoms with van der Waals surface area (Å²) >= 11 is 3.49. The molecule has 0 radical (unpaired) electrons. The summed E-state index contributed by atoms with van der Waals surface area (Å²) in [5, 5.41) is 0. The smallest absolute Gasteiger partial charge is 0.112 e. The average molecular weight is 326 g/mol. The normalized spacial score (nSPS) is 13.1. The van der Waals surface area contributed by atoms with E-state index >= 15 is 0 Å². The summed E-state index contributed by atoms with van der Waals surface area (Å²) in [6, 6.07) is 6.21. The van der Waals surface area contributed by atoms with Crippen molar-refractivity contribution in [3.8, 4) is 0 Å². The van der Waals surface area contributed by atoms with Gasteiger partial charge in [-0.3, -0.25) is 0 Å². The molecule has 0 aliphatic heterocycles. The molecule has 104 valence electrons. The van der Waals surface area contributed by atoms with Crippen molar-refractivity contribution >= 4 is 27.0 Å². The number of halogens is 1. The van der Waals surface area contributed by atoms with Crippen molar-refractivity contribution in [1.29, 1.82) is 0 Å². The van der Waals surface area contributed by atoms with Crippen LogP contribution in [0.15, 0.2) is 22.7 Å². The van der Waals surface area contributed by atoms with Crippen molar-refractivity contribution in [3.05, 3.63) is 28.5 Å². The van der Waals surface area contributed by atoms with Crippen molar-refractivity contribution in [2.75, 3.05) is 13.7 Å². The molecule has 1 heterocycles. The van der Waals surface area contributed by atoms with E-state index in [0.717, 1.165) is 35.2 Å². The van der Waals surface area contributed by atoms with Crippen LogP contribution in [-0.2, 0) is 17.7 Å². The molecule has 0 amide bonds. The zero-order valence-corrected chi connectivity index (χ0v) is 13.0. The molecule has 1 aromatic heterocycles. The highest BCUT2D eigenvalue weighted by Crippen LogP contribution is 2.22. The van der Waals surface area contributed by atoms with Crippen LogP contribution in [0.3, 0.4) is 0 Å². The molecule has 0 aliphatic carbocycles. The number of imidazole rings is 1. The number of aryl methyl sites for hydroxylation is 1. The average Bonchev–Trinajstić information content (AvgIpc) is 2.73. The number of rotatable bonds is 6. The van der Waals surface area contributed by atoms with Crippen LogP contribution < -0.4 is 5.73 Å². The van der Waals surface area contributed by atoms with Gasteiger partial charge in [0.15, 0.2) is 0 Å². The molecule has 19 heavy (non-hydrogen) atoms. The summed E-state index contributed by atoms with van der Waals surface area (Å²) in [5.41, 5.74) is 7.90. The minimum Gasteiger partial charge on any atom is -0.380 e. The number of ether oxygens (including phenoxy) is 1. The standard InChI is InChI=1S/C14H20BrN3O/c1-3-6-18-13-5-4-10(15)7-12(13)17-14(18)8-11(9-16)19-2/h4-5,7,11H,3,6,8-9,16H2,1-2H3. The molecule has 5 heteroatoms. The van der Waals surface area contributed by atoms with E-state index in [9.17, 15) is 0 Å². The molecule has 2 aromatic rings. The van der Waals surface area contributed by atoms with Crippen LogP contribution in [0.5, 0.6) is 0 Å². The highest BCUT2D eigenvalue weighted by atomic mass is 79.9. The van der Waals surface area contributed by atoms with Crippen molar-refractivity contribution in [1.82, 2.24) is 9.55 Å². The third-order valence-corrected chi connectivity index (χ3v) is 3.74. The van der Waals surface area contributed by atoms with Gasteiger partial charge in [0, 0.05) is 31.1 Å². The maximum Gasteiger partial charge on any atom is 0.112 e. The molecule has 0 spiro atoms. The summed E-state index contributed by atoms with van der Waals surface area (Å²) in [4.78, 5) is 4.73. The number of aromatic nitrogens is 2. The van der Waals surface area contributed by atoms with Crippen LogP contribution in [0.4, 0.5) is 0 Å². The number of hydrogen-bond acceptors (Lipinski definition) is 3. The van der Waals surface area contributed by atoms with Gasteiger partial charge in [-0.15, -0.1) is 0 Å². The van der Waals surface area contributed by atoms with Crippen LogP contribution in [0.25, 0.3) is 11.0 Å². The third-order valence-electron chi connectivity index (χ3n) is 3.24. The van der Waals surface area contributed by atoms with Gasteiger partial charge in [0.25, 0.3) is 0 Å². The Morgan fingerprint density at radius 3 is 2.89 bits per heavy atom. The van der Waals surface area contributed by atoms with Crippen LogP contribution in [0, 0.1) is 0 Å².